The molecular weight excluding hydrogens is 204 g/mol. The molecule has 0 spiro atoms. The number of rotatable bonds is 3. The van der Waals surface area contributed by atoms with Crippen LogP contribution in [0.15, 0.2) is 30.7 Å². The molecule has 0 fully saturated rings. The van der Waals surface area contributed by atoms with Crippen molar-refractivity contribution in [3.63, 3.8) is 0 Å². The minimum Gasteiger partial charge on any atom is -0.435 e. The molecule has 0 aliphatic rings. The van der Waals surface area contributed by atoms with E-state index in [-0.39, 0.29) is 6.04 Å². The molecule has 2 aromatic rings. The van der Waals surface area contributed by atoms with Crippen LogP contribution in [0.2, 0.25) is 0 Å². The number of hydrogen-bond acceptors (Lipinski definition) is 4. The van der Waals surface area contributed by atoms with Crippen molar-refractivity contribution in [3.05, 3.63) is 36.3 Å². The molecule has 0 saturated heterocycles. The fourth-order valence-electron chi connectivity index (χ4n) is 1.40. The fraction of sp³-hybridized carbons (Fsp3) is 0.273. The second-order valence-corrected chi connectivity index (χ2v) is 3.64. The molecule has 5 heteroatoms. The van der Waals surface area contributed by atoms with Crippen LogP contribution in [0.25, 0.3) is 0 Å². The maximum absolute atomic E-state index is 5.83. The Morgan fingerprint density at radius 2 is 2.31 bits per heavy atom. The summed E-state index contributed by atoms with van der Waals surface area (Å²) in [7, 11) is 1.83. The summed E-state index contributed by atoms with van der Waals surface area (Å²) in [4.78, 5) is 4.17. The maximum atomic E-state index is 5.83. The molecule has 16 heavy (non-hydrogen) atoms. The van der Waals surface area contributed by atoms with Gasteiger partial charge in [-0.15, -0.1) is 0 Å². The maximum Gasteiger partial charge on any atom is 0.224 e. The van der Waals surface area contributed by atoms with Crippen LogP contribution in [-0.2, 0) is 7.05 Å². The molecule has 2 heterocycles. The van der Waals surface area contributed by atoms with Crippen molar-refractivity contribution in [1.82, 2.24) is 14.8 Å². The first kappa shape index (κ1) is 10.6. The summed E-state index contributed by atoms with van der Waals surface area (Å²) in [6.45, 7) is 1.90. The predicted molar refractivity (Wildman–Crippen MR) is 60.1 cm³/mol. The number of nitrogens with zero attached hydrogens (tertiary/aromatic N) is 3. The third kappa shape index (κ3) is 2.20. The minimum absolute atomic E-state index is 0.111. The molecule has 2 rings (SSSR count). The molecule has 0 aromatic carbocycles. The normalized spacial score (nSPS) is 12.4. The highest BCUT2D eigenvalue weighted by Crippen LogP contribution is 2.25. The Kier molecular flexibility index (Phi) is 2.87. The predicted octanol–water partition coefficient (Wildman–Crippen LogP) is 1.63. The van der Waals surface area contributed by atoms with Gasteiger partial charge in [-0.05, 0) is 13.0 Å². The molecule has 1 atom stereocenters. The first-order valence-electron chi connectivity index (χ1n) is 5.04. The van der Waals surface area contributed by atoms with Crippen molar-refractivity contribution in [2.75, 3.05) is 0 Å². The van der Waals surface area contributed by atoms with Crippen LogP contribution in [-0.4, -0.2) is 14.8 Å². The van der Waals surface area contributed by atoms with Crippen molar-refractivity contribution >= 4 is 0 Å². The van der Waals surface area contributed by atoms with E-state index in [4.69, 9.17) is 10.5 Å². The van der Waals surface area contributed by atoms with Gasteiger partial charge in [0.2, 0.25) is 5.88 Å². The van der Waals surface area contributed by atoms with Gasteiger partial charge in [-0.3, -0.25) is 4.68 Å². The lowest BCUT2D eigenvalue weighted by atomic mass is 10.1. The molecule has 5 nitrogen and oxygen atoms in total. The van der Waals surface area contributed by atoms with Gasteiger partial charge in [0.25, 0.3) is 0 Å². The van der Waals surface area contributed by atoms with Crippen LogP contribution in [0.4, 0.5) is 0 Å². The van der Waals surface area contributed by atoms with Crippen LogP contribution in [0, 0.1) is 0 Å². The van der Waals surface area contributed by atoms with E-state index in [2.05, 4.69) is 10.1 Å². The topological polar surface area (TPSA) is 66.0 Å². The Bertz CT molecular complexity index is 478. The molecule has 0 aliphatic carbocycles. The van der Waals surface area contributed by atoms with Gasteiger partial charge < -0.3 is 10.5 Å². The van der Waals surface area contributed by atoms with Crippen LogP contribution in [0.3, 0.4) is 0 Å². The fourth-order valence-corrected chi connectivity index (χ4v) is 1.40. The van der Waals surface area contributed by atoms with E-state index in [1.54, 1.807) is 23.3 Å². The van der Waals surface area contributed by atoms with Crippen LogP contribution >= 0.6 is 0 Å². The van der Waals surface area contributed by atoms with Gasteiger partial charge >= 0.3 is 0 Å². The lowest BCUT2D eigenvalue weighted by Gasteiger charge is -2.10. The zero-order chi connectivity index (χ0) is 11.5. The summed E-state index contributed by atoms with van der Waals surface area (Å²) in [6, 6.07) is 3.64. The Labute approximate surface area is 93.9 Å². The molecule has 0 aliphatic heterocycles. The first-order valence-corrected chi connectivity index (χ1v) is 5.04. The summed E-state index contributed by atoms with van der Waals surface area (Å²) in [6.07, 6.45) is 5.09. The molecule has 0 unspecified atom stereocenters. The smallest absolute Gasteiger partial charge is 0.224 e. The van der Waals surface area contributed by atoms with Gasteiger partial charge in [-0.25, -0.2) is 4.98 Å². The Morgan fingerprint density at radius 1 is 1.50 bits per heavy atom. The number of nitrogens with two attached hydrogens (primary N) is 1. The van der Waals surface area contributed by atoms with Gasteiger partial charge in [0, 0.05) is 24.8 Å². The number of aryl methyl sites for hydroxylation is 1. The minimum atomic E-state index is -0.111. The van der Waals surface area contributed by atoms with Gasteiger partial charge in [0.15, 0.2) is 5.75 Å². The van der Waals surface area contributed by atoms with E-state index in [0.29, 0.717) is 11.6 Å². The van der Waals surface area contributed by atoms with E-state index in [9.17, 15) is 0 Å². The highest BCUT2D eigenvalue weighted by atomic mass is 16.5. The summed E-state index contributed by atoms with van der Waals surface area (Å²) >= 11 is 0. The largest absolute Gasteiger partial charge is 0.435 e. The number of aromatic nitrogens is 3. The first-order chi connectivity index (χ1) is 7.66. The lowest BCUT2D eigenvalue weighted by molar-refractivity contribution is 0.451. The van der Waals surface area contributed by atoms with Crippen molar-refractivity contribution in [3.8, 4) is 11.6 Å². The highest BCUT2D eigenvalue weighted by Gasteiger charge is 2.10. The summed E-state index contributed by atoms with van der Waals surface area (Å²) < 4.78 is 7.29. The van der Waals surface area contributed by atoms with Crippen molar-refractivity contribution in [2.24, 2.45) is 12.8 Å². The van der Waals surface area contributed by atoms with Crippen LogP contribution in [0.5, 0.6) is 11.6 Å². The lowest BCUT2D eigenvalue weighted by Crippen LogP contribution is -2.07. The quantitative estimate of drug-likeness (QED) is 0.850. The van der Waals surface area contributed by atoms with Crippen LogP contribution in [0.1, 0.15) is 18.5 Å². The molecular formula is C11H14N4O. The molecule has 0 bridgehead atoms. The molecule has 2 aromatic heterocycles. The molecule has 0 saturated carbocycles. The SMILES string of the molecule is C[C@@H](N)c1cccnc1Oc1cnn(C)c1. The van der Waals surface area contributed by atoms with Crippen LogP contribution < -0.4 is 10.5 Å². The molecule has 0 amide bonds. The van der Waals surface area contributed by atoms with Crippen molar-refractivity contribution < 1.29 is 4.74 Å². The zero-order valence-corrected chi connectivity index (χ0v) is 9.29. The monoisotopic (exact) mass is 218 g/mol. The standard InChI is InChI=1S/C11H14N4O/c1-8(12)10-4-3-5-13-11(10)16-9-6-14-15(2)7-9/h3-8H,12H2,1-2H3/t8-/m1/s1. The Morgan fingerprint density at radius 3 is 2.94 bits per heavy atom. The number of pyridine rings is 1. The second-order valence-electron chi connectivity index (χ2n) is 3.64. The average Bonchev–Trinajstić information content (AvgIpc) is 2.64. The average molecular weight is 218 g/mol. The molecule has 0 radical (unpaired) electrons. The third-order valence-corrected chi connectivity index (χ3v) is 2.19. The van der Waals surface area contributed by atoms with E-state index in [1.807, 2.05) is 26.1 Å². The third-order valence-electron chi connectivity index (χ3n) is 2.19. The van der Waals surface area contributed by atoms with Gasteiger partial charge in [-0.2, -0.15) is 5.10 Å². The number of hydrogen-bond donors (Lipinski definition) is 1. The van der Waals surface area contributed by atoms with Gasteiger partial charge in [-0.1, -0.05) is 6.07 Å². The Balaban J connectivity index is 2.27. The van der Waals surface area contributed by atoms with Gasteiger partial charge in [0.1, 0.15) is 0 Å². The summed E-state index contributed by atoms with van der Waals surface area (Å²) in [5.74, 6) is 1.19. The molecule has 2 N–H and O–H groups in total. The second kappa shape index (κ2) is 4.32. The van der Waals surface area contributed by atoms with Crippen molar-refractivity contribution in [2.45, 2.75) is 13.0 Å². The van der Waals surface area contributed by atoms with Gasteiger partial charge in [0.05, 0.1) is 12.4 Å². The van der Waals surface area contributed by atoms with E-state index >= 15 is 0 Å². The molecule has 84 valence electrons. The summed E-state index contributed by atoms with van der Waals surface area (Å²) in [5.41, 5.74) is 6.71. The summed E-state index contributed by atoms with van der Waals surface area (Å²) in [5, 5.41) is 4.02. The Hall–Kier alpha value is -1.88. The van der Waals surface area contributed by atoms with E-state index in [0.717, 1.165) is 5.56 Å². The van der Waals surface area contributed by atoms with E-state index < -0.39 is 0 Å². The van der Waals surface area contributed by atoms with E-state index in [1.165, 1.54) is 0 Å². The van der Waals surface area contributed by atoms with Crippen molar-refractivity contribution in [1.29, 1.82) is 0 Å². The highest BCUT2D eigenvalue weighted by molar-refractivity contribution is 5.31. The zero-order valence-electron chi connectivity index (χ0n) is 9.29. The number of ether oxygens (including phenoxy) is 1.